The number of hydrogen-bond acceptors (Lipinski definition) is 6. The molecule has 1 aromatic heterocycles. The molecule has 0 radical (unpaired) electrons. The molecule has 4 heterocycles. The molecule has 2 saturated heterocycles. The Hall–Kier alpha value is -2.09. The molecule has 156 valence electrons. The van der Waals surface area contributed by atoms with Crippen molar-refractivity contribution in [1.82, 2.24) is 9.88 Å². The van der Waals surface area contributed by atoms with Crippen LogP contribution >= 0.6 is 0 Å². The molecule has 2 fully saturated rings. The Morgan fingerprint density at radius 1 is 1.31 bits per heavy atom. The number of methoxy groups -OCH3 is 2. The van der Waals surface area contributed by atoms with Crippen molar-refractivity contribution in [3.8, 4) is 5.75 Å². The lowest BCUT2D eigenvalue weighted by molar-refractivity contribution is -0.245. The van der Waals surface area contributed by atoms with Crippen molar-refractivity contribution >= 4 is 16.9 Å². The summed E-state index contributed by atoms with van der Waals surface area (Å²) in [5.41, 5.74) is 3.68. The van der Waals surface area contributed by atoms with E-state index >= 15 is 0 Å². The molecule has 2 N–H and O–H groups in total. The first-order valence-electron chi connectivity index (χ1n) is 10.4. The minimum absolute atomic E-state index is 0.0225. The van der Waals surface area contributed by atoms with E-state index in [2.05, 4.69) is 16.0 Å². The highest BCUT2D eigenvalue weighted by Crippen LogP contribution is 2.49. The zero-order valence-corrected chi connectivity index (χ0v) is 17.1. The Kier molecular flexibility index (Phi) is 4.57. The van der Waals surface area contributed by atoms with Gasteiger partial charge in [-0.25, -0.2) is 0 Å². The number of ether oxygens (including phenoxy) is 3. The third kappa shape index (κ3) is 2.86. The number of carbonyl (C=O) groups excluding carboxylic acids is 1. The molecule has 5 rings (SSSR count). The minimum Gasteiger partial charge on any atom is -0.497 e. The molecule has 0 spiro atoms. The van der Waals surface area contributed by atoms with Crippen LogP contribution in [0.15, 0.2) is 18.2 Å². The number of rotatable bonds is 2. The maximum atomic E-state index is 12.5. The normalized spacial score (nSPS) is 34.2. The van der Waals surface area contributed by atoms with Gasteiger partial charge in [0.25, 0.3) is 0 Å². The van der Waals surface area contributed by atoms with E-state index in [1.807, 2.05) is 19.1 Å². The Bertz CT molecular complexity index is 941. The topological polar surface area (TPSA) is 84.0 Å². The first-order chi connectivity index (χ1) is 14.0. The van der Waals surface area contributed by atoms with Gasteiger partial charge < -0.3 is 24.3 Å². The number of aliphatic hydroxyl groups is 1. The molecule has 0 aliphatic carbocycles. The number of nitrogens with one attached hydrogen (secondary N) is 1. The Morgan fingerprint density at radius 3 is 2.90 bits per heavy atom. The van der Waals surface area contributed by atoms with Crippen molar-refractivity contribution in [2.75, 3.05) is 27.3 Å². The zero-order valence-electron chi connectivity index (χ0n) is 17.1. The maximum absolute atomic E-state index is 12.5. The summed E-state index contributed by atoms with van der Waals surface area (Å²) >= 11 is 0. The van der Waals surface area contributed by atoms with Gasteiger partial charge in [0.15, 0.2) is 6.29 Å². The van der Waals surface area contributed by atoms with E-state index in [-0.39, 0.29) is 30.0 Å². The van der Waals surface area contributed by atoms with Gasteiger partial charge in [0.05, 0.1) is 26.4 Å². The minimum atomic E-state index is -1.11. The molecule has 0 bridgehead atoms. The lowest BCUT2D eigenvalue weighted by Crippen LogP contribution is -2.58. The summed E-state index contributed by atoms with van der Waals surface area (Å²) in [4.78, 5) is 18.6. The van der Waals surface area contributed by atoms with Crippen LogP contribution in [0.5, 0.6) is 5.75 Å². The first-order valence-corrected chi connectivity index (χ1v) is 10.4. The van der Waals surface area contributed by atoms with Gasteiger partial charge in [-0.1, -0.05) is 0 Å². The van der Waals surface area contributed by atoms with Gasteiger partial charge in [-0.15, -0.1) is 0 Å². The number of H-pyrrole nitrogens is 1. The van der Waals surface area contributed by atoms with Gasteiger partial charge in [-0.3, -0.25) is 9.69 Å². The summed E-state index contributed by atoms with van der Waals surface area (Å²) < 4.78 is 16.1. The van der Waals surface area contributed by atoms with Crippen molar-refractivity contribution in [1.29, 1.82) is 0 Å². The summed E-state index contributed by atoms with van der Waals surface area (Å²) in [6.07, 6.45) is 0.588. The summed E-state index contributed by atoms with van der Waals surface area (Å²) in [6, 6.07) is 6.37. The number of piperidine rings is 1. The quantitative estimate of drug-likeness (QED) is 0.753. The third-order valence-electron chi connectivity index (χ3n) is 7.26. The number of hydrogen-bond donors (Lipinski definition) is 2. The SMILES string of the molecule is COC(=O)[C@H]1[C@@H]2C[C@H]3c4[nH]c5cc(OC)ccc5c4CCN3C[C@@H]2[C@@H](C)O[C@@H]1O. The van der Waals surface area contributed by atoms with Crippen LogP contribution < -0.4 is 4.74 Å². The second kappa shape index (κ2) is 7.00. The van der Waals surface area contributed by atoms with E-state index in [1.54, 1.807) is 7.11 Å². The summed E-state index contributed by atoms with van der Waals surface area (Å²) in [7, 11) is 3.05. The predicted molar refractivity (Wildman–Crippen MR) is 107 cm³/mol. The molecule has 7 heteroatoms. The molecular formula is C22H28N2O5. The summed E-state index contributed by atoms with van der Waals surface area (Å²) in [5, 5.41) is 11.7. The van der Waals surface area contributed by atoms with E-state index in [1.165, 1.54) is 23.8 Å². The van der Waals surface area contributed by atoms with Crippen LogP contribution in [0.1, 0.15) is 30.6 Å². The summed E-state index contributed by atoms with van der Waals surface area (Å²) in [5.74, 6) is 0.0337. The predicted octanol–water partition coefficient (Wildman–Crippen LogP) is 2.24. The van der Waals surface area contributed by atoms with Crippen LogP contribution in [0.3, 0.4) is 0 Å². The highest BCUT2D eigenvalue weighted by atomic mass is 16.6. The number of aliphatic hydroxyl groups excluding tert-OH is 1. The third-order valence-corrected chi connectivity index (χ3v) is 7.26. The Morgan fingerprint density at radius 2 is 2.14 bits per heavy atom. The second-order valence-electron chi connectivity index (χ2n) is 8.53. The molecule has 2 aromatic rings. The number of fused-ring (bicyclic) bond motifs is 6. The standard InChI is InChI=1S/C22H28N2O5/c1-11-16-10-24-7-6-14-13-5-4-12(27-2)8-17(13)23-20(14)18(24)9-15(16)19(21(25)28-3)22(26)29-11/h4-5,8,11,15-16,18-19,22-23,26H,6-7,9-10H2,1-3H3/t11-,15-,16-,18+,19-,22+/m1/s1. The van der Waals surface area contributed by atoms with Gasteiger partial charge in [-0.2, -0.15) is 0 Å². The van der Waals surface area contributed by atoms with E-state index in [0.29, 0.717) is 0 Å². The Balaban J connectivity index is 1.53. The van der Waals surface area contributed by atoms with Crippen LogP contribution in [0, 0.1) is 17.8 Å². The van der Waals surface area contributed by atoms with Gasteiger partial charge in [0.2, 0.25) is 0 Å². The van der Waals surface area contributed by atoms with Crippen LogP contribution in [0.2, 0.25) is 0 Å². The molecule has 0 saturated carbocycles. The molecule has 3 aliphatic heterocycles. The van der Waals surface area contributed by atoms with Crippen molar-refractivity contribution in [3.05, 3.63) is 29.5 Å². The smallest absolute Gasteiger partial charge is 0.314 e. The molecule has 6 atom stereocenters. The van der Waals surface area contributed by atoms with Crippen LogP contribution in [-0.2, 0) is 20.7 Å². The number of carbonyl (C=O) groups is 1. The van der Waals surface area contributed by atoms with Crippen molar-refractivity contribution in [2.45, 2.75) is 38.2 Å². The van der Waals surface area contributed by atoms with Crippen LogP contribution in [0.4, 0.5) is 0 Å². The fraction of sp³-hybridized carbons (Fsp3) is 0.591. The Labute approximate surface area is 169 Å². The van der Waals surface area contributed by atoms with E-state index in [0.717, 1.165) is 37.2 Å². The lowest BCUT2D eigenvalue weighted by Gasteiger charge is -2.52. The van der Waals surface area contributed by atoms with E-state index in [4.69, 9.17) is 14.2 Å². The van der Waals surface area contributed by atoms with Crippen molar-refractivity contribution < 1.29 is 24.1 Å². The second-order valence-corrected chi connectivity index (χ2v) is 8.53. The molecule has 29 heavy (non-hydrogen) atoms. The number of esters is 1. The maximum Gasteiger partial charge on any atom is 0.314 e. The highest BCUT2D eigenvalue weighted by Gasteiger charge is 2.52. The van der Waals surface area contributed by atoms with E-state index in [9.17, 15) is 9.90 Å². The number of aromatic nitrogens is 1. The molecule has 3 aliphatic rings. The highest BCUT2D eigenvalue weighted by molar-refractivity contribution is 5.86. The van der Waals surface area contributed by atoms with Gasteiger partial charge in [-0.05, 0) is 43.4 Å². The molecule has 1 aromatic carbocycles. The lowest BCUT2D eigenvalue weighted by atomic mass is 9.68. The fourth-order valence-corrected chi connectivity index (χ4v) is 5.81. The van der Waals surface area contributed by atoms with Crippen LogP contribution in [-0.4, -0.2) is 60.7 Å². The molecular weight excluding hydrogens is 372 g/mol. The van der Waals surface area contributed by atoms with Crippen molar-refractivity contribution in [2.24, 2.45) is 17.8 Å². The average molecular weight is 400 g/mol. The number of aromatic amines is 1. The fourth-order valence-electron chi connectivity index (χ4n) is 5.81. The van der Waals surface area contributed by atoms with Crippen molar-refractivity contribution in [3.63, 3.8) is 0 Å². The molecule has 7 nitrogen and oxygen atoms in total. The van der Waals surface area contributed by atoms with Crippen LogP contribution in [0.25, 0.3) is 10.9 Å². The molecule has 0 unspecified atom stereocenters. The monoisotopic (exact) mass is 400 g/mol. The average Bonchev–Trinajstić information content (AvgIpc) is 3.10. The first kappa shape index (κ1) is 18.9. The number of benzene rings is 1. The summed E-state index contributed by atoms with van der Waals surface area (Å²) in [6.45, 7) is 3.84. The largest absolute Gasteiger partial charge is 0.497 e. The van der Waals surface area contributed by atoms with Gasteiger partial charge in [0.1, 0.15) is 11.7 Å². The zero-order chi connectivity index (χ0) is 20.3. The number of nitrogens with zero attached hydrogens (tertiary/aromatic N) is 1. The molecule has 0 amide bonds. The van der Waals surface area contributed by atoms with Gasteiger partial charge in [0, 0.05) is 41.7 Å². The van der Waals surface area contributed by atoms with Gasteiger partial charge >= 0.3 is 5.97 Å². The van der Waals surface area contributed by atoms with E-state index < -0.39 is 12.2 Å².